The summed E-state index contributed by atoms with van der Waals surface area (Å²) in [6, 6.07) is 2.63. The lowest BCUT2D eigenvalue weighted by Crippen LogP contribution is -2.61. The number of nitrogens with zero attached hydrogens (tertiary/aromatic N) is 1. The van der Waals surface area contributed by atoms with Crippen molar-refractivity contribution < 1.29 is 5.11 Å². The van der Waals surface area contributed by atoms with E-state index in [1.165, 1.54) is 64.2 Å². The van der Waals surface area contributed by atoms with E-state index < -0.39 is 0 Å². The van der Waals surface area contributed by atoms with Crippen molar-refractivity contribution in [2.75, 3.05) is 6.54 Å². The van der Waals surface area contributed by atoms with Crippen molar-refractivity contribution >= 4 is 0 Å². The number of hydrogen-bond acceptors (Lipinski definition) is 3. The van der Waals surface area contributed by atoms with Gasteiger partial charge in [-0.05, 0) is 51.5 Å². The molecule has 2 N–H and O–H groups in total. The Morgan fingerprint density at radius 3 is 2.38 bits per heavy atom. The van der Waals surface area contributed by atoms with Gasteiger partial charge in [0.15, 0.2) is 0 Å². The van der Waals surface area contributed by atoms with Crippen LogP contribution in [-0.2, 0) is 0 Å². The minimum atomic E-state index is -0.0734. The second kappa shape index (κ2) is 7.43. The minimum absolute atomic E-state index is 0.0734. The first-order valence-electron chi connectivity index (χ1n) is 9.48. The van der Waals surface area contributed by atoms with Crippen LogP contribution in [-0.4, -0.2) is 46.8 Å². The van der Waals surface area contributed by atoms with Gasteiger partial charge in [0.1, 0.15) is 0 Å². The number of hydrogen-bond donors (Lipinski definition) is 2. The first kappa shape index (κ1) is 15.8. The average molecular weight is 294 g/mol. The summed E-state index contributed by atoms with van der Waals surface area (Å²) < 4.78 is 0. The van der Waals surface area contributed by atoms with Gasteiger partial charge in [0, 0.05) is 24.2 Å². The van der Waals surface area contributed by atoms with Crippen molar-refractivity contribution in [1.29, 1.82) is 0 Å². The summed E-state index contributed by atoms with van der Waals surface area (Å²) in [6.45, 7) is 3.42. The molecule has 3 fully saturated rings. The molecular formula is C18H34N2O. The molecule has 2 heterocycles. The highest BCUT2D eigenvalue weighted by atomic mass is 16.3. The highest BCUT2D eigenvalue weighted by Gasteiger charge is 2.43. The van der Waals surface area contributed by atoms with Crippen molar-refractivity contribution in [3.05, 3.63) is 0 Å². The van der Waals surface area contributed by atoms with Gasteiger partial charge in [-0.25, -0.2) is 0 Å². The highest BCUT2D eigenvalue weighted by Crippen LogP contribution is 2.38. The van der Waals surface area contributed by atoms with Crippen molar-refractivity contribution in [3.8, 4) is 0 Å². The van der Waals surface area contributed by atoms with E-state index in [-0.39, 0.29) is 6.10 Å². The van der Waals surface area contributed by atoms with Gasteiger partial charge in [-0.2, -0.15) is 0 Å². The molecule has 4 unspecified atom stereocenters. The van der Waals surface area contributed by atoms with Crippen LogP contribution in [0.5, 0.6) is 0 Å². The van der Waals surface area contributed by atoms with Crippen molar-refractivity contribution in [2.45, 2.75) is 108 Å². The van der Waals surface area contributed by atoms with Gasteiger partial charge in [-0.1, -0.05) is 32.6 Å². The molecule has 3 rings (SSSR count). The Balaban J connectivity index is 1.67. The first-order chi connectivity index (χ1) is 10.3. The quantitative estimate of drug-likeness (QED) is 0.782. The Morgan fingerprint density at radius 1 is 0.952 bits per heavy atom. The molecule has 3 nitrogen and oxygen atoms in total. The normalized spacial score (nSPS) is 41.7. The maximum absolute atomic E-state index is 10.6. The summed E-state index contributed by atoms with van der Waals surface area (Å²) in [7, 11) is 0. The molecule has 3 aliphatic rings. The van der Waals surface area contributed by atoms with E-state index >= 15 is 0 Å². The number of piperidine rings is 2. The second-order valence-electron chi connectivity index (χ2n) is 7.58. The van der Waals surface area contributed by atoms with E-state index in [1.54, 1.807) is 0 Å². The standard InChI is InChI=1S/C18H34N2O/c1-2-11-19-14-12-15-7-6-8-16(13-14)20(15)17-9-4-3-5-10-18(17)21/h14-19,21H,2-13H2,1H3. The van der Waals surface area contributed by atoms with Crippen molar-refractivity contribution in [2.24, 2.45) is 0 Å². The number of aliphatic hydroxyl groups excluding tert-OH is 1. The van der Waals surface area contributed by atoms with Crippen LogP contribution in [0.1, 0.15) is 77.6 Å². The van der Waals surface area contributed by atoms with Gasteiger partial charge in [0.2, 0.25) is 0 Å². The fourth-order valence-electron chi connectivity index (χ4n) is 5.09. The smallest absolute Gasteiger partial charge is 0.0695 e. The summed E-state index contributed by atoms with van der Waals surface area (Å²) >= 11 is 0. The lowest BCUT2D eigenvalue weighted by molar-refractivity contribution is -0.0575. The maximum Gasteiger partial charge on any atom is 0.0695 e. The number of aliphatic hydroxyl groups is 1. The van der Waals surface area contributed by atoms with E-state index in [2.05, 4.69) is 17.1 Å². The molecule has 0 aromatic heterocycles. The Bertz CT molecular complexity index is 308. The molecule has 122 valence electrons. The summed E-state index contributed by atoms with van der Waals surface area (Å²) in [6.07, 6.45) is 14.0. The Hall–Kier alpha value is -0.120. The number of rotatable bonds is 4. The summed E-state index contributed by atoms with van der Waals surface area (Å²) in [4.78, 5) is 2.78. The lowest BCUT2D eigenvalue weighted by atomic mass is 9.79. The van der Waals surface area contributed by atoms with Crippen LogP contribution in [0, 0.1) is 0 Å². The van der Waals surface area contributed by atoms with Gasteiger partial charge in [0.25, 0.3) is 0 Å². The predicted molar refractivity (Wildman–Crippen MR) is 87.5 cm³/mol. The molecule has 4 atom stereocenters. The lowest BCUT2D eigenvalue weighted by Gasteiger charge is -2.53. The fourth-order valence-corrected chi connectivity index (χ4v) is 5.09. The zero-order chi connectivity index (χ0) is 14.7. The topological polar surface area (TPSA) is 35.5 Å². The monoisotopic (exact) mass is 294 g/mol. The molecule has 1 saturated carbocycles. The predicted octanol–water partition coefficient (Wildman–Crippen LogP) is 3.07. The summed E-state index contributed by atoms with van der Waals surface area (Å²) in [5.41, 5.74) is 0. The van der Waals surface area contributed by atoms with Gasteiger partial charge in [-0.15, -0.1) is 0 Å². The Kier molecular flexibility index (Phi) is 5.58. The van der Waals surface area contributed by atoms with Crippen LogP contribution in [0.4, 0.5) is 0 Å². The molecule has 3 heteroatoms. The van der Waals surface area contributed by atoms with Crippen LogP contribution in [0.25, 0.3) is 0 Å². The molecule has 0 spiro atoms. The van der Waals surface area contributed by atoms with E-state index in [0.717, 1.165) is 31.1 Å². The molecular weight excluding hydrogens is 260 g/mol. The number of nitrogens with one attached hydrogen (secondary N) is 1. The van der Waals surface area contributed by atoms with Crippen LogP contribution in [0.2, 0.25) is 0 Å². The molecule has 0 radical (unpaired) electrons. The van der Waals surface area contributed by atoms with E-state index in [4.69, 9.17) is 0 Å². The summed E-state index contributed by atoms with van der Waals surface area (Å²) in [5, 5.41) is 14.4. The molecule has 1 aliphatic carbocycles. The van der Waals surface area contributed by atoms with Gasteiger partial charge in [-0.3, -0.25) is 4.90 Å². The van der Waals surface area contributed by atoms with Gasteiger partial charge < -0.3 is 10.4 Å². The SMILES string of the molecule is CCCNC1CC2CCCC(C1)N2C1CCCCCC1O. The molecule has 0 amide bonds. The maximum atomic E-state index is 10.6. The average Bonchev–Trinajstić information content (AvgIpc) is 2.68. The zero-order valence-electron chi connectivity index (χ0n) is 13.8. The summed E-state index contributed by atoms with van der Waals surface area (Å²) in [5.74, 6) is 0. The molecule has 21 heavy (non-hydrogen) atoms. The molecule has 0 aromatic carbocycles. The minimum Gasteiger partial charge on any atom is -0.391 e. The largest absolute Gasteiger partial charge is 0.391 e. The third-order valence-electron chi connectivity index (χ3n) is 6.04. The van der Waals surface area contributed by atoms with E-state index in [0.29, 0.717) is 6.04 Å². The van der Waals surface area contributed by atoms with Crippen molar-refractivity contribution in [3.63, 3.8) is 0 Å². The Morgan fingerprint density at radius 2 is 1.67 bits per heavy atom. The molecule has 2 saturated heterocycles. The third kappa shape index (κ3) is 3.62. The van der Waals surface area contributed by atoms with Crippen LogP contribution in [0.3, 0.4) is 0 Å². The molecule has 2 bridgehead atoms. The molecule has 2 aliphatic heterocycles. The van der Waals surface area contributed by atoms with Gasteiger partial charge in [0.05, 0.1) is 6.10 Å². The van der Waals surface area contributed by atoms with Crippen LogP contribution >= 0.6 is 0 Å². The highest BCUT2D eigenvalue weighted by molar-refractivity contribution is 4.99. The molecule has 0 aromatic rings. The van der Waals surface area contributed by atoms with E-state index in [9.17, 15) is 5.11 Å². The van der Waals surface area contributed by atoms with Gasteiger partial charge >= 0.3 is 0 Å². The first-order valence-corrected chi connectivity index (χ1v) is 9.48. The van der Waals surface area contributed by atoms with Crippen LogP contribution in [0.15, 0.2) is 0 Å². The van der Waals surface area contributed by atoms with E-state index in [1.807, 2.05) is 0 Å². The third-order valence-corrected chi connectivity index (χ3v) is 6.04. The second-order valence-corrected chi connectivity index (χ2v) is 7.58. The zero-order valence-corrected chi connectivity index (χ0v) is 13.8. The number of fused-ring (bicyclic) bond motifs is 2. The fraction of sp³-hybridized carbons (Fsp3) is 1.00. The van der Waals surface area contributed by atoms with Crippen LogP contribution < -0.4 is 5.32 Å². The Labute approximate surface area is 130 Å². The van der Waals surface area contributed by atoms with Crippen molar-refractivity contribution in [1.82, 2.24) is 10.2 Å².